The zero-order valence-corrected chi connectivity index (χ0v) is 10.3. The van der Waals surface area contributed by atoms with Crippen molar-refractivity contribution in [3.63, 3.8) is 0 Å². The minimum absolute atomic E-state index is 0.523. The van der Waals surface area contributed by atoms with Crippen LogP contribution in [-0.2, 0) is 6.54 Å². The van der Waals surface area contributed by atoms with E-state index in [1.165, 1.54) is 16.3 Å². The molecule has 2 nitrogen and oxygen atoms in total. The predicted octanol–water partition coefficient (Wildman–Crippen LogP) is 3.40. The summed E-state index contributed by atoms with van der Waals surface area (Å²) in [4.78, 5) is 2.33. The molecule has 1 aliphatic rings. The Morgan fingerprint density at radius 1 is 1.12 bits per heavy atom. The van der Waals surface area contributed by atoms with Crippen molar-refractivity contribution in [3.05, 3.63) is 42.0 Å². The second-order valence-electron chi connectivity index (χ2n) is 4.89. The molecule has 0 fully saturated rings. The Kier molecular flexibility index (Phi) is 2.52. The predicted molar refractivity (Wildman–Crippen MR) is 70.1 cm³/mol. The third kappa shape index (κ3) is 1.79. The van der Waals surface area contributed by atoms with Gasteiger partial charge in [-0.25, -0.2) is 0 Å². The lowest BCUT2D eigenvalue weighted by molar-refractivity contribution is 0.0701. The first kappa shape index (κ1) is 10.6. The minimum atomic E-state index is 0.523. The number of hydrogen-bond donors (Lipinski definition) is 0. The SMILES string of the molecule is CC(C)N1COc2c(ccc3ccccc23)C1. The molecule has 0 unspecified atom stereocenters. The van der Waals surface area contributed by atoms with Gasteiger partial charge in [-0.15, -0.1) is 0 Å². The summed E-state index contributed by atoms with van der Waals surface area (Å²) < 4.78 is 5.94. The highest BCUT2D eigenvalue weighted by atomic mass is 16.5. The second-order valence-corrected chi connectivity index (χ2v) is 4.89. The monoisotopic (exact) mass is 227 g/mol. The molecule has 17 heavy (non-hydrogen) atoms. The van der Waals surface area contributed by atoms with Gasteiger partial charge in [0.05, 0.1) is 0 Å². The van der Waals surface area contributed by atoms with E-state index in [0.29, 0.717) is 12.8 Å². The van der Waals surface area contributed by atoms with Crippen molar-refractivity contribution in [1.29, 1.82) is 0 Å². The van der Waals surface area contributed by atoms with Gasteiger partial charge in [0.1, 0.15) is 12.5 Å². The molecule has 2 aromatic rings. The Balaban J connectivity index is 2.08. The number of ether oxygens (including phenoxy) is 1. The summed E-state index contributed by atoms with van der Waals surface area (Å²) >= 11 is 0. The van der Waals surface area contributed by atoms with Crippen LogP contribution in [-0.4, -0.2) is 17.7 Å². The maximum atomic E-state index is 5.94. The largest absolute Gasteiger partial charge is 0.477 e. The Labute approximate surface area is 102 Å². The van der Waals surface area contributed by atoms with E-state index in [1.54, 1.807) is 0 Å². The van der Waals surface area contributed by atoms with Crippen LogP contribution in [0.25, 0.3) is 10.8 Å². The summed E-state index contributed by atoms with van der Waals surface area (Å²) in [6.45, 7) is 6.08. The number of nitrogens with zero attached hydrogens (tertiary/aromatic N) is 1. The maximum absolute atomic E-state index is 5.94. The molecule has 0 amide bonds. The molecule has 1 heterocycles. The summed E-state index contributed by atoms with van der Waals surface area (Å²) in [6, 6.07) is 13.3. The lowest BCUT2D eigenvalue weighted by atomic mass is 10.0. The highest BCUT2D eigenvalue weighted by Crippen LogP contribution is 2.33. The normalized spacial score (nSPS) is 15.9. The average Bonchev–Trinajstić information content (AvgIpc) is 2.38. The molecule has 0 aliphatic carbocycles. The zero-order chi connectivity index (χ0) is 11.8. The molecule has 0 atom stereocenters. The fourth-order valence-electron chi connectivity index (χ4n) is 2.33. The van der Waals surface area contributed by atoms with Crippen molar-refractivity contribution < 1.29 is 4.74 Å². The molecular weight excluding hydrogens is 210 g/mol. The van der Waals surface area contributed by atoms with Crippen molar-refractivity contribution in [2.75, 3.05) is 6.73 Å². The summed E-state index contributed by atoms with van der Waals surface area (Å²) in [5.41, 5.74) is 1.30. The quantitative estimate of drug-likeness (QED) is 0.740. The van der Waals surface area contributed by atoms with Gasteiger partial charge in [-0.05, 0) is 19.2 Å². The van der Waals surface area contributed by atoms with E-state index in [9.17, 15) is 0 Å². The Morgan fingerprint density at radius 2 is 1.94 bits per heavy atom. The van der Waals surface area contributed by atoms with Crippen LogP contribution < -0.4 is 4.74 Å². The zero-order valence-electron chi connectivity index (χ0n) is 10.3. The first-order chi connectivity index (χ1) is 8.25. The summed E-state index contributed by atoms with van der Waals surface area (Å²) in [5, 5.41) is 2.48. The third-order valence-electron chi connectivity index (χ3n) is 3.44. The average molecular weight is 227 g/mol. The molecule has 0 radical (unpaired) electrons. The number of benzene rings is 2. The van der Waals surface area contributed by atoms with Gasteiger partial charge in [-0.2, -0.15) is 0 Å². The van der Waals surface area contributed by atoms with Crippen molar-refractivity contribution in [2.45, 2.75) is 26.4 Å². The van der Waals surface area contributed by atoms with Crippen molar-refractivity contribution in [3.8, 4) is 5.75 Å². The van der Waals surface area contributed by atoms with E-state index >= 15 is 0 Å². The van der Waals surface area contributed by atoms with Gasteiger partial charge in [-0.1, -0.05) is 36.4 Å². The molecule has 0 N–H and O–H groups in total. The standard InChI is InChI=1S/C15H17NO/c1-11(2)16-9-13-8-7-12-5-3-4-6-14(12)15(13)17-10-16/h3-8,11H,9-10H2,1-2H3. The smallest absolute Gasteiger partial charge is 0.142 e. The molecule has 1 aliphatic heterocycles. The van der Waals surface area contributed by atoms with Crippen LogP contribution in [0.1, 0.15) is 19.4 Å². The molecule has 0 bridgehead atoms. The van der Waals surface area contributed by atoms with Gasteiger partial charge >= 0.3 is 0 Å². The topological polar surface area (TPSA) is 12.5 Å². The summed E-state index contributed by atoms with van der Waals surface area (Å²) in [6.07, 6.45) is 0. The maximum Gasteiger partial charge on any atom is 0.142 e. The van der Waals surface area contributed by atoms with Crippen LogP contribution in [0.4, 0.5) is 0 Å². The molecule has 0 aromatic heterocycles. The second kappa shape index (κ2) is 4.04. The molecule has 2 heteroatoms. The van der Waals surface area contributed by atoms with Crippen molar-refractivity contribution in [2.24, 2.45) is 0 Å². The molecule has 0 saturated heterocycles. The van der Waals surface area contributed by atoms with Crippen LogP contribution in [0.3, 0.4) is 0 Å². The van der Waals surface area contributed by atoms with Crippen LogP contribution >= 0.6 is 0 Å². The van der Waals surface area contributed by atoms with Gasteiger partial charge in [0, 0.05) is 23.5 Å². The lowest BCUT2D eigenvalue weighted by Gasteiger charge is -2.32. The molecule has 2 aromatic carbocycles. The van der Waals surface area contributed by atoms with E-state index < -0.39 is 0 Å². The minimum Gasteiger partial charge on any atom is -0.477 e. The molecule has 0 spiro atoms. The first-order valence-electron chi connectivity index (χ1n) is 6.13. The highest BCUT2D eigenvalue weighted by molar-refractivity contribution is 5.89. The van der Waals surface area contributed by atoms with Crippen molar-refractivity contribution >= 4 is 10.8 Å². The van der Waals surface area contributed by atoms with Crippen molar-refractivity contribution in [1.82, 2.24) is 4.90 Å². The number of hydrogen-bond acceptors (Lipinski definition) is 2. The number of rotatable bonds is 1. The fraction of sp³-hybridized carbons (Fsp3) is 0.333. The van der Waals surface area contributed by atoms with Gasteiger partial charge < -0.3 is 4.74 Å². The summed E-state index contributed by atoms with van der Waals surface area (Å²) in [5.74, 6) is 1.07. The van der Waals surface area contributed by atoms with Crippen LogP contribution in [0.15, 0.2) is 36.4 Å². The molecule has 3 rings (SSSR count). The molecule has 0 saturated carbocycles. The Bertz CT molecular complexity index is 548. The highest BCUT2D eigenvalue weighted by Gasteiger charge is 2.20. The molecular formula is C15H17NO. The van der Waals surface area contributed by atoms with Crippen LogP contribution in [0, 0.1) is 0 Å². The van der Waals surface area contributed by atoms with Gasteiger partial charge in [-0.3, -0.25) is 4.90 Å². The summed E-state index contributed by atoms with van der Waals surface area (Å²) in [7, 11) is 0. The van der Waals surface area contributed by atoms with Gasteiger partial charge in [0.2, 0.25) is 0 Å². The van der Waals surface area contributed by atoms with Gasteiger partial charge in [0.15, 0.2) is 0 Å². The van der Waals surface area contributed by atoms with E-state index in [0.717, 1.165) is 12.3 Å². The Morgan fingerprint density at radius 3 is 2.76 bits per heavy atom. The first-order valence-corrected chi connectivity index (χ1v) is 6.13. The lowest BCUT2D eigenvalue weighted by Crippen LogP contribution is -2.37. The molecule has 88 valence electrons. The van der Waals surface area contributed by atoms with E-state index in [1.807, 2.05) is 0 Å². The van der Waals surface area contributed by atoms with Gasteiger partial charge in [0.25, 0.3) is 0 Å². The van der Waals surface area contributed by atoms with E-state index in [4.69, 9.17) is 4.74 Å². The number of fused-ring (bicyclic) bond motifs is 3. The van der Waals surface area contributed by atoms with Crippen LogP contribution in [0.5, 0.6) is 5.75 Å². The van der Waals surface area contributed by atoms with E-state index in [2.05, 4.69) is 55.1 Å². The van der Waals surface area contributed by atoms with Crippen LogP contribution in [0.2, 0.25) is 0 Å². The third-order valence-corrected chi connectivity index (χ3v) is 3.44. The van der Waals surface area contributed by atoms with E-state index in [-0.39, 0.29) is 0 Å². The Hall–Kier alpha value is -1.54. The fourth-order valence-corrected chi connectivity index (χ4v) is 2.33.